The predicted molar refractivity (Wildman–Crippen MR) is 53.2 cm³/mol. The zero-order chi connectivity index (χ0) is 9.85. The highest BCUT2D eigenvalue weighted by Gasteiger charge is 2.57. The average molecular weight is 223 g/mol. The standard InChI is InChI=1S/C9H15ClO2S/c1-9(2)6-3-4-8(7(9)5-6)13(10,11)12/h6-8H,3-5H2,1-2H3/t6-,7-,8?/m0/s1. The van der Waals surface area contributed by atoms with E-state index < -0.39 is 9.05 Å². The Labute approximate surface area is 84.1 Å². The van der Waals surface area contributed by atoms with Crippen LogP contribution in [-0.2, 0) is 9.05 Å². The van der Waals surface area contributed by atoms with Crippen LogP contribution in [0.4, 0.5) is 0 Å². The minimum absolute atomic E-state index is 0.199. The molecule has 2 bridgehead atoms. The van der Waals surface area contributed by atoms with E-state index in [1.165, 1.54) is 0 Å². The van der Waals surface area contributed by atoms with Gasteiger partial charge in [0.05, 0.1) is 5.25 Å². The first-order valence-corrected chi connectivity index (χ1v) is 7.14. The maximum absolute atomic E-state index is 11.3. The van der Waals surface area contributed by atoms with Gasteiger partial charge in [-0.05, 0) is 36.5 Å². The smallest absolute Gasteiger partial charge is 0.212 e. The molecule has 76 valence electrons. The molecule has 0 aliphatic heterocycles. The van der Waals surface area contributed by atoms with Crippen LogP contribution < -0.4 is 0 Å². The van der Waals surface area contributed by atoms with Crippen molar-refractivity contribution in [2.45, 2.75) is 38.4 Å². The monoisotopic (exact) mass is 222 g/mol. The van der Waals surface area contributed by atoms with E-state index in [4.69, 9.17) is 10.7 Å². The molecule has 0 aromatic rings. The van der Waals surface area contributed by atoms with E-state index in [-0.39, 0.29) is 10.7 Å². The van der Waals surface area contributed by atoms with Gasteiger partial charge in [0.1, 0.15) is 0 Å². The highest BCUT2D eigenvalue weighted by molar-refractivity contribution is 8.14. The summed E-state index contributed by atoms with van der Waals surface area (Å²) >= 11 is 0. The third-order valence-corrected chi connectivity index (χ3v) is 6.13. The van der Waals surface area contributed by atoms with Gasteiger partial charge in [-0.15, -0.1) is 0 Å². The van der Waals surface area contributed by atoms with Crippen molar-refractivity contribution in [1.82, 2.24) is 0 Å². The summed E-state index contributed by atoms with van der Waals surface area (Å²) in [5, 5.41) is -0.283. The van der Waals surface area contributed by atoms with Gasteiger partial charge in [-0.3, -0.25) is 0 Å². The second-order valence-corrected chi connectivity index (χ2v) is 7.80. The maximum atomic E-state index is 11.3. The van der Waals surface area contributed by atoms with Crippen LogP contribution in [0.5, 0.6) is 0 Å². The molecule has 3 rings (SSSR count). The van der Waals surface area contributed by atoms with E-state index in [2.05, 4.69) is 13.8 Å². The molecule has 3 aliphatic carbocycles. The summed E-state index contributed by atoms with van der Waals surface area (Å²) in [5.74, 6) is 1.03. The first kappa shape index (κ1) is 9.78. The quantitative estimate of drug-likeness (QED) is 0.639. The number of hydrogen-bond donors (Lipinski definition) is 0. The topological polar surface area (TPSA) is 34.1 Å². The van der Waals surface area contributed by atoms with E-state index in [1.807, 2.05) is 0 Å². The zero-order valence-corrected chi connectivity index (χ0v) is 9.53. The molecule has 0 spiro atoms. The Balaban J connectivity index is 2.26. The predicted octanol–water partition coefficient (Wildman–Crippen LogP) is 2.38. The van der Waals surface area contributed by atoms with E-state index >= 15 is 0 Å². The molecule has 1 unspecified atom stereocenters. The Morgan fingerprint density at radius 3 is 2.23 bits per heavy atom. The van der Waals surface area contributed by atoms with Gasteiger partial charge in [0.2, 0.25) is 9.05 Å². The normalized spacial score (nSPS) is 42.5. The molecule has 3 aliphatic rings. The van der Waals surface area contributed by atoms with Crippen LogP contribution in [0.3, 0.4) is 0 Å². The van der Waals surface area contributed by atoms with Gasteiger partial charge in [-0.25, -0.2) is 8.42 Å². The molecule has 0 aromatic heterocycles. The summed E-state index contributed by atoms with van der Waals surface area (Å²) < 4.78 is 22.5. The van der Waals surface area contributed by atoms with Crippen LogP contribution in [0.15, 0.2) is 0 Å². The highest BCUT2D eigenvalue weighted by atomic mass is 35.7. The Morgan fingerprint density at radius 2 is 1.92 bits per heavy atom. The lowest BCUT2D eigenvalue weighted by atomic mass is 9.49. The van der Waals surface area contributed by atoms with E-state index in [0.29, 0.717) is 5.92 Å². The Kier molecular flexibility index (Phi) is 1.98. The van der Waals surface area contributed by atoms with Crippen LogP contribution in [0.25, 0.3) is 0 Å². The Hall–Kier alpha value is 0.240. The molecule has 0 heterocycles. The fraction of sp³-hybridized carbons (Fsp3) is 1.00. The van der Waals surface area contributed by atoms with Crippen LogP contribution >= 0.6 is 10.7 Å². The van der Waals surface area contributed by atoms with Gasteiger partial charge in [-0.1, -0.05) is 13.8 Å². The number of fused-ring (bicyclic) bond motifs is 2. The molecule has 0 saturated heterocycles. The summed E-state index contributed by atoms with van der Waals surface area (Å²) in [6, 6.07) is 0. The molecule has 0 radical (unpaired) electrons. The molecule has 4 heteroatoms. The first-order valence-electron chi connectivity index (χ1n) is 4.77. The van der Waals surface area contributed by atoms with E-state index in [1.54, 1.807) is 0 Å². The minimum Gasteiger partial charge on any atom is -0.212 e. The summed E-state index contributed by atoms with van der Waals surface area (Å²) in [7, 11) is 2.09. The summed E-state index contributed by atoms with van der Waals surface area (Å²) in [6.07, 6.45) is 2.86. The number of rotatable bonds is 1. The maximum Gasteiger partial charge on any atom is 0.235 e. The van der Waals surface area contributed by atoms with Crippen molar-refractivity contribution in [3.05, 3.63) is 0 Å². The molecule has 2 nitrogen and oxygen atoms in total. The number of halogens is 1. The highest BCUT2D eigenvalue weighted by Crippen LogP contribution is 2.60. The lowest BCUT2D eigenvalue weighted by Crippen LogP contribution is -2.56. The molecule has 0 amide bonds. The SMILES string of the molecule is CC1(C)[C@H]2CCC(S(=O)(=O)Cl)[C@@H]1C2. The fourth-order valence-corrected chi connectivity index (χ4v) is 4.99. The molecule has 3 saturated carbocycles. The average Bonchev–Trinajstić information content (AvgIpc) is 2.02. The third kappa shape index (κ3) is 1.32. The van der Waals surface area contributed by atoms with Crippen LogP contribution in [0.1, 0.15) is 33.1 Å². The summed E-state index contributed by atoms with van der Waals surface area (Å²) in [4.78, 5) is 0. The van der Waals surface area contributed by atoms with Crippen molar-refractivity contribution in [2.75, 3.05) is 0 Å². The molecular formula is C9H15ClO2S. The lowest BCUT2D eigenvalue weighted by molar-refractivity contribution is -0.0609. The largest absolute Gasteiger partial charge is 0.235 e. The van der Waals surface area contributed by atoms with Crippen molar-refractivity contribution in [2.24, 2.45) is 17.3 Å². The Morgan fingerprint density at radius 1 is 1.31 bits per heavy atom. The van der Waals surface area contributed by atoms with Gasteiger partial charge in [0, 0.05) is 10.7 Å². The van der Waals surface area contributed by atoms with E-state index in [0.717, 1.165) is 25.2 Å². The molecule has 3 fully saturated rings. The van der Waals surface area contributed by atoms with Crippen molar-refractivity contribution < 1.29 is 8.42 Å². The van der Waals surface area contributed by atoms with Crippen LogP contribution in [-0.4, -0.2) is 13.7 Å². The minimum atomic E-state index is -3.34. The second kappa shape index (κ2) is 2.63. The van der Waals surface area contributed by atoms with Crippen LogP contribution in [0.2, 0.25) is 0 Å². The second-order valence-electron chi connectivity index (χ2n) is 4.95. The summed E-state index contributed by atoms with van der Waals surface area (Å²) in [5.41, 5.74) is 0.199. The molecule has 0 N–H and O–H groups in total. The van der Waals surface area contributed by atoms with E-state index in [9.17, 15) is 8.42 Å². The van der Waals surface area contributed by atoms with Crippen molar-refractivity contribution in [3.63, 3.8) is 0 Å². The molecule has 13 heavy (non-hydrogen) atoms. The lowest BCUT2D eigenvalue weighted by Gasteiger charge is -2.59. The van der Waals surface area contributed by atoms with Gasteiger partial charge in [0.25, 0.3) is 0 Å². The van der Waals surface area contributed by atoms with Gasteiger partial charge in [-0.2, -0.15) is 0 Å². The third-order valence-electron chi connectivity index (χ3n) is 4.16. The summed E-state index contributed by atoms with van der Waals surface area (Å²) in [6.45, 7) is 4.33. The molecule has 0 aromatic carbocycles. The van der Waals surface area contributed by atoms with Gasteiger partial charge < -0.3 is 0 Å². The molecular weight excluding hydrogens is 208 g/mol. The van der Waals surface area contributed by atoms with Crippen molar-refractivity contribution >= 4 is 19.7 Å². The molecule has 3 atom stereocenters. The fourth-order valence-electron chi connectivity index (χ4n) is 3.08. The van der Waals surface area contributed by atoms with Gasteiger partial charge >= 0.3 is 0 Å². The number of hydrogen-bond acceptors (Lipinski definition) is 2. The van der Waals surface area contributed by atoms with Crippen molar-refractivity contribution in [3.8, 4) is 0 Å². The van der Waals surface area contributed by atoms with Gasteiger partial charge in [0.15, 0.2) is 0 Å². The Bertz CT molecular complexity index is 319. The first-order chi connectivity index (χ1) is 5.83. The zero-order valence-electron chi connectivity index (χ0n) is 7.96. The van der Waals surface area contributed by atoms with Crippen LogP contribution in [0, 0.1) is 17.3 Å². The van der Waals surface area contributed by atoms with Crippen molar-refractivity contribution in [1.29, 1.82) is 0 Å².